The molecule has 2 nitrogen and oxygen atoms in total. The van der Waals surface area contributed by atoms with Crippen LogP contribution in [0.4, 0.5) is 0 Å². The van der Waals surface area contributed by atoms with E-state index in [9.17, 15) is 5.11 Å². The second-order valence-corrected chi connectivity index (χ2v) is 6.65. The van der Waals surface area contributed by atoms with Crippen LogP contribution >= 0.6 is 60.2 Å². The number of aromatic hydroxyl groups is 1. The monoisotopic (exact) mass is 449 g/mol. The maximum absolute atomic E-state index is 9.82. The van der Waals surface area contributed by atoms with Gasteiger partial charge in [-0.15, -0.1) is 12.4 Å². The fraction of sp³-hybridized carbons (Fsp3) is 0.455. The van der Waals surface area contributed by atoms with Crippen LogP contribution in [0.25, 0.3) is 0 Å². The minimum atomic E-state index is -0.0947. The summed E-state index contributed by atoms with van der Waals surface area (Å²) in [5.74, 6) is 0.706. The highest BCUT2D eigenvalue weighted by atomic mass is 79.9. The Bertz CT molecular complexity index is 399. The summed E-state index contributed by atoms with van der Waals surface area (Å²) in [5.41, 5.74) is 7.04. The molecule has 0 heterocycles. The number of phenolic OH excluding ortho intramolecular Hbond substituents is 1. The van der Waals surface area contributed by atoms with Crippen LogP contribution in [0.5, 0.6) is 5.75 Å². The van der Waals surface area contributed by atoms with Gasteiger partial charge in [0.2, 0.25) is 0 Å². The quantitative estimate of drug-likeness (QED) is 0.667. The molecule has 17 heavy (non-hydrogen) atoms. The highest BCUT2D eigenvalue weighted by Crippen LogP contribution is 2.42. The van der Waals surface area contributed by atoms with Gasteiger partial charge in [-0.25, -0.2) is 0 Å². The van der Waals surface area contributed by atoms with Gasteiger partial charge in [-0.1, -0.05) is 29.8 Å². The van der Waals surface area contributed by atoms with E-state index in [0.717, 1.165) is 16.5 Å². The van der Waals surface area contributed by atoms with Crippen LogP contribution in [-0.4, -0.2) is 5.11 Å². The van der Waals surface area contributed by atoms with Crippen LogP contribution in [0.3, 0.4) is 0 Å². The molecule has 98 valence electrons. The number of nitrogens with two attached hydrogens (primary N) is 1. The molecule has 0 aliphatic rings. The van der Waals surface area contributed by atoms with Gasteiger partial charge in [0.25, 0.3) is 0 Å². The third-order valence-electron chi connectivity index (χ3n) is 2.28. The standard InChI is InChI=1S/C11H14Br3NO.ClH/c1-5(2)3-8(15)9-6(12)4-7(13)11(16)10(9)14;/h4-5,8,16H,3,15H2,1-2H3;1H/t8-;/m0./s1. The second kappa shape index (κ2) is 7.34. The normalized spacial score (nSPS) is 12.4. The van der Waals surface area contributed by atoms with Crippen molar-refractivity contribution in [3.05, 3.63) is 25.0 Å². The van der Waals surface area contributed by atoms with Gasteiger partial charge in [0.1, 0.15) is 5.75 Å². The molecule has 1 rings (SSSR count). The molecule has 0 unspecified atom stereocenters. The van der Waals surface area contributed by atoms with Crippen LogP contribution in [0.2, 0.25) is 0 Å². The van der Waals surface area contributed by atoms with Gasteiger partial charge >= 0.3 is 0 Å². The summed E-state index contributed by atoms with van der Waals surface area (Å²) in [4.78, 5) is 0. The van der Waals surface area contributed by atoms with Gasteiger partial charge in [0.15, 0.2) is 0 Å². The van der Waals surface area contributed by atoms with Crippen molar-refractivity contribution in [1.82, 2.24) is 0 Å². The Hall–Kier alpha value is 0.710. The number of phenols is 1. The van der Waals surface area contributed by atoms with Crippen molar-refractivity contribution in [2.24, 2.45) is 11.7 Å². The molecule has 0 aliphatic carbocycles. The maximum atomic E-state index is 9.82. The molecule has 0 aliphatic heterocycles. The minimum Gasteiger partial charge on any atom is -0.506 e. The minimum absolute atomic E-state index is 0. The molecular weight excluding hydrogens is 437 g/mol. The fourth-order valence-corrected chi connectivity index (χ4v) is 4.27. The van der Waals surface area contributed by atoms with Gasteiger partial charge < -0.3 is 10.8 Å². The van der Waals surface area contributed by atoms with E-state index in [2.05, 4.69) is 61.6 Å². The summed E-state index contributed by atoms with van der Waals surface area (Å²) in [7, 11) is 0. The molecule has 0 radical (unpaired) electrons. The summed E-state index contributed by atoms with van der Waals surface area (Å²) in [6.07, 6.45) is 0.873. The van der Waals surface area contributed by atoms with Crippen LogP contribution in [0.1, 0.15) is 31.9 Å². The molecule has 0 saturated heterocycles. The first-order valence-corrected chi connectivity index (χ1v) is 7.34. The van der Waals surface area contributed by atoms with Crippen LogP contribution < -0.4 is 5.73 Å². The number of halogens is 4. The van der Waals surface area contributed by atoms with E-state index in [-0.39, 0.29) is 24.2 Å². The lowest BCUT2D eigenvalue weighted by Gasteiger charge is -2.19. The SMILES string of the molecule is CC(C)C[C@H](N)c1c(Br)cc(Br)c(O)c1Br.Cl. The summed E-state index contributed by atoms with van der Waals surface area (Å²) in [5, 5.41) is 9.82. The Labute approximate surface area is 133 Å². The molecule has 0 bridgehead atoms. The van der Waals surface area contributed by atoms with Gasteiger partial charge in [-0.05, 0) is 50.3 Å². The molecule has 0 fully saturated rings. The van der Waals surface area contributed by atoms with Crippen molar-refractivity contribution < 1.29 is 5.11 Å². The van der Waals surface area contributed by atoms with E-state index >= 15 is 0 Å². The van der Waals surface area contributed by atoms with Crippen molar-refractivity contribution in [3.63, 3.8) is 0 Å². The molecular formula is C11H15Br3ClNO. The van der Waals surface area contributed by atoms with Gasteiger partial charge in [0.05, 0.1) is 8.95 Å². The van der Waals surface area contributed by atoms with Crippen molar-refractivity contribution in [2.45, 2.75) is 26.3 Å². The highest BCUT2D eigenvalue weighted by Gasteiger charge is 2.19. The van der Waals surface area contributed by atoms with Crippen LogP contribution in [-0.2, 0) is 0 Å². The maximum Gasteiger partial charge on any atom is 0.144 e. The summed E-state index contributed by atoms with van der Waals surface area (Å²) in [6, 6.07) is 1.72. The van der Waals surface area contributed by atoms with E-state index in [1.54, 1.807) is 0 Å². The van der Waals surface area contributed by atoms with Gasteiger partial charge in [-0.2, -0.15) is 0 Å². The number of hydrogen-bond donors (Lipinski definition) is 2. The Morgan fingerprint density at radius 2 is 1.76 bits per heavy atom. The fourth-order valence-electron chi connectivity index (χ4n) is 1.56. The van der Waals surface area contributed by atoms with E-state index in [1.165, 1.54) is 0 Å². The average molecular weight is 452 g/mol. The van der Waals surface area contributed by atoms with Crippen molar-refractivity contribution in [1.29, 1.82) is 0 Å². The predicted molar refractivity (Wildman–Crippen MR) is 84.8 cm³/mol. The summed E-state index contributed by atoms with van der Waals surface area (Å²) >= 11 is 10.1. The second-order valence-electron chi connectivity index (χ2n) is 4.15. The lowest BCUT2D eigenvalue weighted by molar-refractivity contribution is 0.461. The molecule has 1 atom stereocenters. The van der Waals surface area contributed by atoms with Gasteiger partial charge in [-0.3, -0.25) is 0 Å². The summed E-state index contributed by atoms with van der Waals surface area (Å²) < 4.78 is 2.20. The Kier molecular flexibility index (Phi) is 7.64. The smallest absolute Gasteiger partial charge is 0.144 e. The Morgan fingerprint density at radius 3 is 2.24 bits per heavy atom. The largest absolute Gasteiger partial charge is 0.506 e. The Morgan fingerprint density at radius 1 is 1.24 bits per heavy atom. The van der Waals surface area contributed by atoms with Crippen LogP contribution in [0, 0.1) is 5.92 Å². The zero-order valence-electron chi connectivity index (χ0n) is 9.51. The first kappa shape index (κ1) is 17.7. The molecule has 0 amide bonds. The third-order valence-corrected chi connectivity index (χ3v) is 4.34. The lowest BCUT2D eigenvalue weighted by Crippen LogP contribution is -2.14. The highest BCUT2D eigenvalue weighted by molar-refractivity contribution is 9.11. The van der Waals surface area contributed by atoms with E-state index in [4.69, 9.17) is 5.73 Å². The number of rotatable bonds is 3. The molecule has 0 aromatic heterocycles. The zero-order chi connectivity index (χ0) is 12.5. The first-order valence-electron chi connectivity index (χ1n) is 4.96. The molecule has 1 aromatic rings. The van der Waals surface area contributed by atoms with E-state index in [1.807, 2.05) is 6.07 Å². The van der Waals surface area contributed by atoms with E-state index in [0.29, 0.717) is 14.9 Å². The van der Waals surface area contributed by atoms with Crippen molar-refractivity contribution >= 4 is 60.2 Å². The first-order chi connectivity index (χ1) is 7.34. The molecule has 3 N–H and O–H groups in total. The molecule has 6 heteroatoms. The van der Waals surface area contributed by atoms with Gasteiger partial charge in [0, 0.05) is 16.1 Å². The van der Waals surface area contributed by atoms with Crippen LogP contribution in [0.15, 0.2) is 19.5 Å². The zero-order valence-corrected chi connectivity index (χ0v) is 15.1. The molecule has 0 saturated carbocycles. The van der Waals surface area contributed by atoms with E-state index < -0.39 is 0 Å². The topological polar surface area (TPSA) is 46.2 Å². The lowest BCUT2D eigenvalue weighted by atomic mass is 9.98. The summed E-state index contributed by atoms with van der Waals surface area (Å²) in [6.45, 7) is 4.25. The van der Waals surface area contributed by atoms with Crippen molar-refractivity contribution in [2.75, 3.05) is 0 Å². The number of benzene rings is 1. The molecule has 0 spiro atoms. The predicted octanol–water partition coefficient (Wildman–Crippen LogP) is 5.15. The molecule has 1 aromatic carbocycles. The Balaban J connectivity index is 0.00000256. The third kappa shape index (κ3) is 4.39. The average Bonchev–Trinajstić information content (AvgIpc) is 2.13. The van der Waals surface area contributed by atoms with Crippen molar-refractivity contribution in [3.8, 4) is 5.75 Å². The number of hydrogen-bond acceptors (Lipinski definition) is 2.